The smallest absolute Gasteiger partial charge is 0.307 e. The number of carbonyl (C=O) groups is 1. The summed E-state index contributed by atoms with van der Waals surface area (Å²) in [6.07, 6.45) is 8.67. The SMILES string of the molecule is CCOC(=O)CCNc1ccc([C@H]2C[C@@]34CC[C@]2(OC)[C@@H]2Oc5c(OC)ccc6c5[C@@]23CCN(CC2CC2)[C@@H]4C6)cc1. The molecule has 2 aromatic rings. The average Bonchev–Trinajstić information content (AvgIpc) is 3.75. The van der Waals surface area contributed by atoms with Crippen molar-refractivity contribution >= 4 is 11.7 Å². The molecule has 7 heteroatoms. The van der Waals surface area contributed by atoms with E-state index < -0.39 is 5.60 Å². The first-order valence-corrected chi connectivity index (χ1v) is 16.2. The predicted octanol–water partition coefficient (Wildman–Crippen LogP) is 5.45. The molecule has 0 unspecified atom stereocenters. The van der Waals surface area contributed by atoms with E-state index >= 15 is 0 Å². The number of rotatable bonds is 10. The standard InChI is InChI=1S/C35H44N2O5/c1-4-41-29(38)13-17-36-25-10-7-23(8-11-25)26-20-33-14-15-35(26,40-3)32-34(33)16-18-37(21-22-5-6-22)28(33)19-24-9-12-27(39-2)31(42-32)30(24)34/h7-12,22,26,28,32,36H,4-6,13-21H2,1-3H3/t26-,28-,32-,33-,34+,35-/m1/s1. The van der Waals surface area contributed by atoms with E-state index in [1.165, 1.54) is 42.5 Å². The fraction of sp³-hybridized carbons (Fsp3) is 0.629. The van der Waals surface area contributed by atoms with Crippen LogP contribution in [-0.2, 0) is 26.1 Å². The van der Waals surface area contributed by atoms with E-state index in [-0.39, 0.29) is 28.8 Å². The fourth-order valence-electron chi connectivity index (χ4n) is 10.3. The number of esters is 1. The summed E-state index contributed by atoms with van der Waals surface area (Å²) in [5, 5.41) is 3.39. The Bertz CT molecular complexity index is 1390. The summed E-state index contributed by atoms with van der Waals surface area (Å²) < 4.78 is 24.9. The molecule has 2 heterocycles. The van der Waals surface area contributed by atoms with Gasteiger partial charge in [0.2, 0.25) is 0 Å². The van der Waals surface area contributed by atoms with Crippen molar-refractivity contribution in [3.8, 4) is 11.5 Å². The molecule has 2 aromatic carbocycles. The third-order valence-electron chi connectivity index (χ3n) is 12.1. The van der Waals surface area contributed by atoms with Gasteiger partial charge in [-0.05, 0) is 93.7 Å². The van der Waals surface area contributed by atoms with Gasteiger partial charge in [0.25, 0.3) is 0 Å². The number of hydrogen-bond donors (Lipinski definition) is 1. The quantitative estimate of drug-likeness (QED) is 0.380. The highest BCUT2D eigenvalue weighted by molar-refractivity contribution is 5.70. The Kier molecular flexibility index (Phi) is 6.14. The van der Waals surface area contributed by atoms with Gasteiger partial charge >= 0.3 is 5.97 Å². The number of carbonyl (C=O) groups excluding carboxylic acids is 1. The van der Waals surface area contributed by atoms with Crippen molar-refractivity contribution in [2.45, 2.75) is 87.4 Å². The molecule has 5 aliphatic carbocycles. The number of anilines is 1. The Balaban J connectivity index is 1.18. The number of nitrogens with one attached hydrogen (secondary N) is 1. The predicted molar refractivity (Wildman–Crippen MR) is 160 cm³/mol. The zero-order valence-electron chi connectivity index (χ0n) is 25.2. The first-order chi connectivity index (χ1) is 20.5. The molecule has 9 rings (SSSR count). The van der Waals surface area contributed by atoms with Gasteiger partial charge in [0, 0.05) is 54.2 Å². The molecule has 0 radical (unpaired) electrons. The average molecular weight is 573 g/mol. The minimum atomic E-state index is -0.400. The van der Waals surface area contributed by atoms with E-state index in [9.17, 15) is 4.79 Å². The van der Waals surface area contributed by atoms with Crippen LogP contribution in [0.15, 0.2) is 36.4 Å². The lowest BCUT2D eigenvalue weighted by atomic mass is 9.34. The second-order valence-corrected chi connectivity index (χ2v) is 13.7. The van der Waals surface area contributed by atoms with Crippen LogP contribution in [0.25, 0.3) is 0 Å². The largest absolute Gasteiger partial charge is 0.493 e. The lowest BCUT2D eigenvalue weighted by Crippen LogP contribution is -2.80. The first-order valence-electron chi connectivity index (χ1n) is 16.2. The monoisotopic (exact) mass is 572 g/mol. The van der Waals surface area contributed by atoms with Crippen LogP contribution in [0.4, 0.5) is 5.69 Å². The molecule has 0 aromatic heterocycles. The van der Waals surface area contributed by atoms with Crippen molar-refractivity contribution in [1.82, 2.24) is 4.90 Å². The Morgan fingerprint density at radius 3 is 2.67 bits per heavy atom. The summed E-state index contributed by atoms with van der Waals surface area (Å²) in [6, 6.07) is 13.9. The Morgan fingerprint density at radius 2 is 1.93 bits per heavy atom. The van der Waals surface area contributed by atoms with Crippen LogP contribution in [0.5, 0.6) is 11.5 Å². The number of piperidine rings is 1. The molecule has 2 aliphatic heterocycles. The summed E-state index contributed by atoms with van der Waals surface area (Å²) in [4.78, 5) is 14.7. The van der Waals surface area contributed by atoms with E-state index in [4.69, 9.17) is 18.9 Å². The third-order valence-corrected chi connectivity index (χ3v) is 12.1. The molecule has 1 N–H and O–H groups in total. The molecule has 7 aliphatic rings. The fourth-order valence-corrected chi connectivity index (χ4v) is 10.3. The molecular weight excluding hydrogens is 528 g/mol. The number of methoxy groups -OCH3 is 2. The van der Waals surface area contributed by atoms with Gasteiger partial charge in [-0.3, -0.25) is 9.69 Å². The molecule has 5 fully saturated rings. The molecule has 6 atom stereocenters. The normalized spacial score (nSPS) is 35.4. The minimum Gasteiger partial charge on any atom is -0.493 e. The van der Waals surface area contributed by atoms with Crippen LogP contribution in [-0.4, -0.2) is 69.1 Å². The molecule has 7 nitrogen and oxygen atoms in total. The van der Waals surface area contributed by atoms with Gasteiger partial charge in [-0.25, -0.2) is 0 Å². The molecule has 2 spiro atoms. The second-order valence-electron chi connectivity index (χ2n) is 13.7. The number of benzene rings is 2. The maximum absolute atomic E-state index is 11.8. The van der Waals surface area contributed by atoms with Crippen LogP contribution in [0.3, 0.4) is 0 Å². The zero-order chi connectivity index (χ0) is 28.7. The number of fused-ring (bicyclic) bond motifs is 2. The summed E-state index contributed by atoms with van der Waals surface area (Å²) >= 11 is 0. The van der Waals surface area contributed by atoms with Crippen LogP contribution in [0.2, 0.25) is 0 Å². The van der Waals surface area contributed by atoms with Crippen LogP contribution >= 0.6 is 0 Å². The molecule has 4 saturated carbocycles. The van der Waals surface area contributed by atoms with Crippen molar-refractivity contribution in [1.29, 1.82) is 0 Å². The van der Waals surface area contributed by atoms with Crippen molar-refractivity contribution < 1.29 is 23.7 Å². The summed E-state index contributed by atoms with van der Waals surface area (Å²) in [5.74, 6) is 2.81. The molecule has 4 bridgehead atoms. The maximum Gasteiger partial charge on any atom is 0.307 e. The first kappa shape index (κ1) is 26.8. The number of ether oxygens (including phenoxy) is 4. The van der Waals surface area contributed by atoms with Crippen molar-refractivity contribution in [2.24, 2.45) is 11.3 Å². The Hall–Kier alpha value is -2.77. The highest BCUT2D eigenvalue weighted by Gasteiger charge is 2.80. The van der Waals surface area contributed by atoms with Gasteiger partial charge in [-0.1, -0.05) is 18.2 Å². The summed E-state index contributed by atoms with van der Waals surface area (Å²) in [6.45, 7) is 5.22. The minimum absolute atomic E-state index is 0.0270. The topological polar surface area (TPSA) is 69.3 Å². The number of hydrogen-bond acceptors (Lipinski definition) is 7. The van der Waals surface area contributed by atoms with Gasteiger partial charge in [-0.15, -0.1) is 0 Å². The van der Waals surface area contributed by atoms with E-state index in [0.29, 0.717) is 25.6 Å². The number of likely N-dealkylation sites (tertiary alicyclic amines) is 1. The lowest BCUT2D eigenvalue weighted by molar-refractivity contribution is -0.261. The van der Waals surface area contributed by atoms with Crippen LogP contribution in [0.1, 0.15) is 74.5 Å². The molecule has 42 heavy (non-hydrogen) atoms. The molecular formula is C35H44N2O5. The Labute approximate surface area is 249 Å². The Morgan fingerprint density at radius 1 is 1.10 bits per heavy atom. The van der Waals surface area contributed by atoms with Gasteiger partial charge < -0.3 is 24.3 Å². The highest BCUT2D eigenvalue weighted by atomic mass is 16.6. The van der Waals surface area contributed by atoms with Gasteiger partial charge in [-0.2, -0.15) is 0 Å². The van der Waals surface area contributed by atoms with Gasteiger partial charge in [0.15, 0.2) is 11.5 Å². The zero-order valence-corrected chi connectivity index (χ0v) is 25.2. The maximum atomic E-state index is 11.8. The van der Waals surface area contributed by atoms with Crippen molar-refractivity contribution in [3.63, 3.8) is 0 Å². The van der Waals surface area contributed by atoms with Gasteiger partial charge in [0.05, 0.1) is 20.1 Å². The van der Waals surface area contributed by atoms with Gasteiger partial charge in [0.1, 0.15) is 11.7 Å². The second kappa shape index (κ2) is 9.62. The van der Waals surface area contributed by atoms with E-state index in [1.807, 2.05) is 14.0 Å². The van der Waals surface area contributed by atoms with Crippen molar-refractivity contribution in [3.05, 3.63) is 53.1 Å². The third kappa shape index (κ3) is 3.50. The highest BCUT2D eigenvalue weighted by Crippen LogP contribution is 2.78. The molecule has 224 valence electrons. The van der Waals surface area contributed by atoms with E-state index in [1.54, 1.807) is 7.11 Å². The number of nitrogens with zero attached hydrogens (tertiary/aromatic N) is 1. The molecule has 0 amide bonds. The van der Waals surface area contributed by atoms with Crippen LogP contribution < -0.4 is 14.8 Å². The lowest BCUT2D eigenvalue weighted by Gasteiger charge is -2.74. The van der Waals surface area contributed by atoms with E-state index in [2.05, 4.69) is 46.6 Å². The summed E-state index contributed by atoms with van der Waals surface area (Å²) in [5.41, 5.74) is 4.99. The van der Waals surface area contributed by atoms with Crippen molar-refractivity contribution in [2.75, 3.05) is 45.8 Å². The van der Waals surface area contributed by atoms with Crippen LogP contribution in [0, 0.1) is 11.3 Å². The summed E-state index contributed by atoms with van der Waals surface area (Å²) in [7, 11) is 3.69. The molecule has 1 saturated heterocycles. The van der Waals surface area contributed by atoms with E-state index in [0.717, 1.165) is 55.3 Å².